The lowest BCUT2D eigenvalue weighted by molar-refractivity contribution is -0.0441. The molecule has 0 radical (unpaired) electrons. The van der Waals surface area contributed by atoms with Gasteiger partial charge < -0.3 is 9.47 Å². The van der Waals surface area contributed by atoms with Gasteiger partial charge >= 0.3 is 0 Å². The Morgan fingerprint density at radius 2 is 1.17 bits per heavy atom. The zero-order valence-corrected chi connectivity index (χ0v) is 13.5. The highest BCUT2D eigenvalue weighted by atomic mass is 16.7. The highest BCUT2D eigenvalue weighted by molar-refractivity contribution is 5.63. The van der Waals surface area contributed by atoms with E-state index in [0.29, 0.717) is 13.2 Å². The normalized spacial score (nSPS) is 14.8. The molecule has 0 atom stereocenters. The summed E-state index contributed by atoms with van der Waals surface area (Å²) in [6, 6.07) is 27.8. The van der Waals surface area contributed by atoms with Crippen LogP contribution in [0.3, 0.4) is 0 Å². The smallest absolute Gasteiger partial charge is 0.184 e. The van der Waals surface area contributed by atoms with E-state index in [4.69, 9.17) is 9.47 Å². The molecule has 1 heterocycles. The number of ether oxygens (including phenoxy) is 2. The molecule has 0 N–H and O–H groups in total. The average Bonchev–Trinajstić information content (AvgIpc) is 3.18. The van der Waals surface area contributed by atoms with E-state index in [9.17, 15) is 0 Å². The van der Waals surface area contributed by atoms with Gasteiger partial charge in [0.05, 0.1) is 13.2 Å². The molecule has 4 rings (SSSR count). The van der Waals surface area contributed by atoms with Crippen LogP contribution >= 0.6 is 0 Å². The lowest BCUT2D eigenvalue weighted by atomic mass is 10.00. The fourth-order valence-electron chi connectivity index (χ4n) is 3.02. The van der Waals surface area contributed by atoms with E-state index in [2.05, 4.69) is 72.8 Å². The highest BCUT2D eigenvalue weighted by Crippen LogP contribution is 2.24. The molecule has 0 bridgehead atoms. The van der Waals surface area contributed by atoms with Gasteiger partial charge in [-0.15, -0.1) is 0 Å². The summed E-state index contributed by atoms with van der Waals surface area (Å²) >= 11 is 0. The van der Waals surface area contributed by atoms with Crippen LogP contribution in [-0.4, -0.2) is 13.2 Å². The zero-order valence-electron chi connectivity index (χ0n) is 13.5. The average molecular weight is 316 g/mol. The lowest BCUT2D eigenvalue weighted by Crippen LogP contribution is -1.98. The molecule has 1 fully saturated rings. The van der Waals surface area contributed by atoms with Crippen molar-refractivity contribution in [2.24, 2.45) is 0 Å². The minimum Gasteiger partial charge on any atom is -0.346 e. The van der Waals surface area contributed by atoms with E-state index >= 15 is 0 Å². The minimum absolute atomic E-state index is 0.191. The van der Waals surface area contributed by atoms with E-state index in [0.717, 1.165) is 12.0 Å². The fraction of sp³-hybridized carbons (Fsp3) is 0.182. The van der Waals surface area contributed by atoms with Gasteiger partial charge in [0.1, 0.15) is 0 Å². The first kappa shape index (κ1) is 15.1. The highest BCUT2D eigenvalue weighted by Gasteiger charge is 2.17. The molecule has 24 heavy (non-hydrogen) atoms. The third kappa shape index (κ3) is 3.40. The van der Waals surface area contributed by atoms with Crippen molar-refractivity contribution in [3.05, 3.63) is 95.6 Å². The van der Waals surface area contributed by atoms with Crippen LogP contribution in [0.25, 0.3) is 11.1 Å². The second-order valence-electron chi connectivity index (χ2n) is 6.05. The lowest BCUT2D eigenvalue weighted by Gasteiger charge is -2.10. The Labute approximate surface area is 142 Å². The van der Waals surface area contributed by atoms with Gasteiger partial charge in [-0.25, -0.2) is 0 Å². The Morgan fingerprint density at radius 3 is 1.79 bits per heavy atom. The van der Waals surface area contributed by atoms with Crippen LogP contribution in [0.15, 0.2) is 78.9 Å². The summed E-state index contributed by atoms with van der Waals surface area (Å²) in [6.07, 6.45) is 0.742. The van der Waals surface area contributed by atoms with Gasteiger partial charge in [-0.1, -0.05) is 78.9 Å². The summed E-state index contributed by atoms with van der Waals surface area (Å²) in [5, 5.41) is 0. The van der Waals surface area contributed by atoms with E-state index in [1.165, 1.54) is 22.3 Å². The predicted octanol–water partition coefficient (Wildman–Crippen LogP) is 4.99. The molecule has 1 aliphatic rings. The maximum Gasteiger partial charge on any atom is 0.184 e. The fourth-order valence-corrected chi connectivity index (χ4v) is 3.02. The van der Waals surface area contributed by atoms with Gasteiger partial charge in [0.25, 0.3) is 0 Å². The first-order chi connectivity index (χ1) is 11.9. The largest absolute Gasteiger partial charge is 0.346 e. The molecule has 0 saturated carbocycles. The SMILES string of the molecule is c1ccc(-c2ccc(Cc3ccc(C4OCCO4)cc3)cc2)cc1. The first-order valence-corrected chi connectivity index (χ1v) is 8.35. The van der Waals surface area contributed by atoms with Crippen molar-refractivity contribution in [1.29, 1.82) is 0 Å². The second kappa shape index (κ2) is 7.00. The Balaban J connectivity index is 1.45. The van der Waals surface area contributed by atoms with Gasteiger partial charge in [0.2, 0.25) is 0 Å². The Hall–Kier alpha value is -2.42. The maximum atomic E-state index is 5.53. The van der Waals surface area contributed by atoms with Gasteiger partial charge in [-0.05, 0) is 28.7 Å². The van der Waals surface area contributed by atoms with Crippen LogP contribution in [0.4, 0.5) is 0 Å². The Kier molecular flexibility index (Phi) is 4.41. The minimum atomic E-state index is -0.191. The van der Waals surface area contributed by atoms with Crippen LogP contribution in [0.1, 0.15) is 23.0 Å². The molecule has 0 aliphatic carbocycles. The van der Waals surface area contributed by atoms with Gasteiger partial charge in [-0.3, -0.25) is 0 Å². The van der Waals surface area contributed by atoms with E-state index in [-0.39, 0.29) is 6.29 Å². The van der Waals surface area contributed by atoms with Gasteiger partial charge in [0, 0.05) is 5.56 Å². The Morgan fingerprint density at radius 1 is 0.625 bits per heavy atom. The molecule has 3 aromatic rings. The summed E-state index contributed by atoms with van der Waals surface area (Å²) < 4.78 is 11.1. The molecule has 1 aliphatic heterocycles. The summed E-state index contributed by atoms with van der Waals surface area (Å²) in [6.45, 7) is 1.36. The summed E-state index contributed by atoms with van der Waals surface area (Å²) in [7, 11) is 0. The second-order valence-corrected chi connectivity index (χ2v) is 6.05. The number of benzene rings is 3. The molecule has 120 valence electrons. The van der Waals surface area contributed by atoms with Crippen molar-refractivity contribution < 1.29 is 9.47 Å². The molecular formula is C22H20O2. The van der Waals surface area contributed by atoms with Crippen molar-refractivity contribution >= 4 is 0 Å². The van der Waals surface area contributed by atoms with Crippen molar-refractivity contribution in [2.45, 2.75) is 12.7 Å². The number of hydrogen-bond donors (Lipinski definition) is 0. The molecule has 0 aromatic heterocycles. The summed E-state index contributed by atoms with van der Waals surface area (Å²) in [5.74, 6) is 0. The van der Waals surface area contributed by atoms with Crippen molar-refractivity contribution in [2.75, 3.05) is 13.2 Å². The van der Waals surface area contributed by atoms with Gasteiger partial charge in [0.15, 0.2) is 6.29 Å². The maximum absolute atomic E-state index is 5.53. The first-order valence-electron chi connectivity index (χ1n) is 8.35. The summed E-state index contributed by atoms with van der Waals surface area (Å²) in [4.78, 5) is 0. The molecule has 1 saturated heterocycles. The topological polar surface area (TPSA) is 18.5 Å². The predicted molar refractivity (Wildman–Crippen MR) is 95.8 cm³/mol. The molecule has 0 amide bonds. The number of hydrogen-bond acceptors (Lipinski definition) is 2. The zero-order chi connectivity index (χ0) is 16.2. The van der Waals surface area contributed by atoms with Gasteiger partial charge in [-0.2, -0.15) is 0 Å². The van der Waals surface area contributed by atoms with Crippen molar-refractivity contribution in [3.63, 3.8) is 0 Å². The molecular weight excluding hydrogens is 296 g/mol. The molecule has 3 aromatic carbocycles. The van der Waals surface area contributed by atoms with E-state index in [1.807, 2.05) is 6.07 Å². The van der Waals surface area contributed by atoms with E-state index in [1.54, 1.807) is 0 Å². The Bertz CT molecular complexity index is 770. The van der Waals surface area contributed by atoms with Crippen molar-refractivity contribution in [3.8, 4) is 11.1 Å². The summed E-state index contributed by atoms with van der Waals surface area (Å²) in [5.41, 5.74) is 6.21. The third-order valence-corrected chi connectivity index (χ3v) is 4.34. The quantitative estimate of drug-likeness (QED) is 0.675. The van der Waals surface area contributed by atoms with Crippen LogP contribution in [0, 0.1) is 0 Å². The van der Waals surface area contributed by atoms with Crippen LogP contribution in [-0.2, 0) is 15.9 Å². The van der Waals surface area contributed by atoms with E-state index < -0.39 is 0 Å². The molecule has 2 heteroatoms. The monoisotopic (exact) mass is 316 g/mol. The molecule has 0 unspecified atom stereocenters. The van der Waals surface area contributed by atoms with Crippen LogP contribution in [0.5, 0.6) is 0 Å². The van der Waals surface area contributed by atoms with Crippen LogP contribution in [0.2, 0.25) is 0 Å². The third-order valence-electron chi connectivity index (χ3n) is 4.34. The van der Waals surface area contributed by atoms with Crippen LogP contribution < -0.4 is 0 Å². The number of rotatable bonds is 4. The molecule has 0 spiro atoms. The molecule has 2 nitrogen and oxygen atoms in total. The standard InChI is InChI=1S/C22H20O2/c1-2-4-19(5-3-1)20-10-6-17(7-11-20)16-18-8-12-21(13-9-18)22-23-14-15-24-22/h1-13,22H,14-16H2. The van der Waals surface area contributed by atoms with Crippen molar-refractivity contribution in [1.82, 2.24) is 0 Å².